The molecule has 0 saturated carbocycles. The fourth-order valence-electron chi connectivity index (χ4n) is 2.92. The fraction of sp³-hybridized carbons (Fsp3) is 0.0500. The van der Waals surface area contributed by atoms with Crippen molar-refractivity contribution in [2.75, 3.05) is 5.73 Å². The largest absolute Gasteiger partial charge is 0.396 e. The van der Waals surface area contributed by atoms with Gasteiger partial charge in [-0.25, -0.2) is 0 Å². The van der Waals surface area contributed by atoms with Crippen molar-refractivity contribution in [2.24, 2.45) is 0 Å². The maximum absolute atomic E-state index is 6.50. The molecule has 4 aromatic rings. The third-order valence-corrected chi connectivity index (χ3v) is 4.36. The molecule has 25 heavy (non-hydrogen) atoms. The first-order valence-corrected chi connectivity index (χ1v) is 8.28. The molecule has 0 radical (unpaired) electrons. The molecule has 0 aliphatic carbocycles. The van der Waals surface area contributed by atoms with Gasteiger partial charge in [-0.1, -0.05) is 59.2 Å². The molecular weight excluding hydrogens is 334 g/mol. The van der Waals surface area contributed by atoms with E-state index in [-0.39, 0.29) is 0 Å². The van der Waals surface area contributed by atoms with Gasteiger partial charge < -0.3 is 15.2 Å². The molecule has 0 fully saturated rings. The maximum atomic E-state index is 6.50. The molecule has 0 amide bonds. The minimum atomic E-state index is 0.623. The zero-order valence-corrected chi connectivity index (χ0v) is 14.3. The number of aromatic nitrogens is 2. The van der Waals surface area contributed by atoms with Crippen LogP contribution in [-0.4, -0.2) is 10.1 Å². The first-order chi connectivity index (χ1) is 12.1. The molecule has 0 saturated heterocycles. The normalized spacial score (nSPS) is 11.0. The van der Waals surface area contributed by atoms with Gasteiger partial charge in [0.1, 0.15) is 0 Å². The second kappa shape index (κ2) is 6.15. The summed E-state index contributed by atoms with van der Waals surface area (Å²) in [5.41, 5.74) is 12.5. The number of benzene rings is 2. The van der Waals surface area contributed by atoms with Gasteiger partial charge in [0.05, 0.1) is 28.3 Å². The highest BCUT2D eigenvalue weighted by molar-refractivity contribution is 6.30. The Labute approximate surface area is 150 Å². The van der Waals surface area contributed by atoms with Crippen molar-refractivity contribution in [3.63, 3.8) is 0 Å². The van der Waals surface area contributed by atoms with Crippen molar-refractivity contribution in [3.05, 3.63) is 71.4 Å². The smallest absolute Gasteiger partial charge is 0.171 e. The number of nitrogens with one attached hydrogen (secondary N) is 1. The Balaban J connectivity index is 1.96. The lowest BCUT2D eigenvalue weighted by atomic mass is 10.0. The van der Waals surface area contributed by atoms with Crippen molar-refractivity contribution >= 4 is 17.3 Å². The number of halogens is 1. The lowest BCUT2D eigenvalue weighted by molar-refractivity contribution is 0.427. The predicted octanol–water partition coefficient (Wildman–Crippen LogP) is 5.55. The van der Waals surface area contributed by atoms with Crippen LogP contribution in [0.5, 0.6) is 0 Å². The summed E-state index contributed by atoms with van der Waals surface area (Å²) < 4.78 is 5.49. The van der Waals surface area contributed by atoms with Crippen LogP contribution >= 0.6 is 11.6 Å². The first-order valence-electron chi connectivity index (χ1n) is 7.90. The van der Waals surface area contributed by atoms with E-state index in [1.165, 1.54) is 0 Å². The molecule has 2 aromatic carbocycles. The summed E-state index contributed by atoms with van der Waals surface area (Å²) in [6, 6.07) is 19.5. The van der Waals surface area contributed by atoms with E-state index in [2.05, 4.69) is 10.1 Å². The Morgan fingerprint density at radius 2 is 1.64 bits per heavy atom. The van der Waals surface area contributed by atoms with Crippen molar-refractivity contribution < 1.29 is 4.52 Å². The minimum absolute atomic E-state index is 0.623. The predicted molar refractivity (Wildman–Crippen MR) is 101 cm³/mol. The number of nitrogens with zero attached hydrogens (tertiary/aromatic N) is 1. The second-order valence-corrected chi connectivity index (χ2v) is 6.31. The van der Waals surface area contributed by atoms with E-state index in [9.17, 15) is 0 Å². The zero-order valence-electron chi connectivity index (χ0n) is 13.6. The van der Waals surface area contributed by atoms with Crippen LogP contribution in [0, 0.1) is 6.92 Å². The van der Waals surface area contributed by atoms with Crippen LogP contribution in [0.3, 0.4) is 0 Å². The summed E-state index contributed by atoms with van der Waals surface area (Å²) in [6.45, 7) is 1.89. The lowest BCUT2D eigenvalue weighted by Crippen LogP contribution is -1.89. The van der Waals surface area contributed by atoms with Crippen LogP contribution in [0.15, 0.2) is 65.2 Å². The van der Waals surface area contributed by atoms with E-state index < -0.39 is 0 Å². The Morgan fingerprint density at radius 1 is 0.960 bits per heavy atom. The summed E-state index contributed by atoms with van der Waals surface area (Å²) in [5, 5.41) is 4.68. The highest BCUT2D eigenvalue weighted by atomic mass is 35.5. The van der Waals surface area contributed by atoms with E-state index in [0.29, 0.717) is 16.5 Å². The van der Waals surface area contributed by atoms with Crippen LogP contribution in [0.1, 0.15) is 5.69 Å². The topological polar surface area (TPSA) is 67.8 Å². The van der Waals surface area contributed by atoms with Crippen molar-refractivity contribution in [1.29, 1.82) is 0 Å². The van der Waals surface area contributed by atoms with Gasteiger partial charge in [-0.3, -0.25) is 0 Å². The fourth-order valence-corrected chi connectivity index (χ4v) is 3.04. The van der Waals surface area contributed by atoms with Crippen LogP contribution in [0.2, 0.25) is 5.02 Å². The van der Waals surface area contributed by atoms with Gasteiger partial charge in [-0.05, 0) is 24.6 Å². The number of aryl methyl sites for hydroxylation is 1. The summed E-state index contributed by atoms with van der Waals surface area (Å²) >= 11 is 6.01. The van der Waals surface area contributed by atoms with Crippen LogP contribution in [0.25, 0.3) is 33.8 Å². The molecule has 124 valence electrons. The molecule has 0 bridgehead atoms. The van der Waals surface area contributed by atoms with Gasteiger partial charge in [-0.2, -0.15) is 0 Å². The van der Waals surface area contributed by atoms with E-state index in [0.717, 1.165) is 33.8 Å². The molecule has 0 unspecified atom stereocenters. The molecule has 3 N–H and O–H groups in total. The van der Waals surface area contributed by atoms with Crippen LogP contribution in [-0.2, 0) is 0 Å². The molecule has 0 aliphatic heterocycles. The average molecular weight is 350 g/mol. The number of aromatic amines is 1. The molecule has 4 nitrogen and oxygen atoms in total. The van der Waals surface area contributed by atoms with Gasteiger partial charge in [-0.15, -0.1) is 0 Å². The molecule has 5 heteroatoms. The minimum Gasteiger partial charge on any atom is -0.396 e. The Hall–Kier alpha value is -2.98. The number of hydrogen-bond acceptors (Lipinski definition) is 3. The summed E-state index contributed by atoms with van der Waals surface area (Å²) in [6.07, 6.45) is 0. The Morgan fingerprint density at radius 3 is 2.28 bits per heavy atom. The highest BCUT2D eigenvalue weighted by Gasteiger charge is 2.22. The summed E-state index contributed by atoms with van der Waals surface area (Å²) in [4.78, 5) is 3.45. The Kier molecular flexibility index (Phi) is 3.82. The quantitative estimate of drug-likeness (QED) is 0.509. The molecule has 0 atom stereocenters. The number of rotatable bonds is 3. The number of nitrogen functional groups attached to an aromatic ring is 1. The second-order valence-electron chi connectivity index (χ2n) is 5.87. The lowest BCUT2D eigenvalue weighted by Gasteiger charge is -2.02. The number of hydrogen-bond donors (Lipinski definition) is 2. The summed E-state index contributed by atoms with van der Waals surface area (Å²) in [5.74, 6) is 0.644. The number of H-pyrrole nitrogens is 1. The van der Waals surface area contributed by atoms with E-state index in [1.807, 2.05) is 67.6 Å². The zero-order chi connectivity index (χ0) is 17.4. The van der Waals surface area contributed by atoms with Crippen LogP contribution < -0.4 is 5.73 Å². The first kappa shape index (κ1) is 15.5. The monoisotopic (exact) mass is 349 g/mol. The number of anilines is 1. The van der Waals surface area contributed by atoms with Crippen molar-refractivity contribution in [3.8, 4) is 33.8 Å². The highest BCUT2D eigenvalue weighted by Crippen LogP contribution is 2.42. The number of nitrogens with two attached hydrogens (primary N) is 1. The van der Waals surface area contributed by atoms with Gasteiger partial charge in [0.2, 0.25) is 0 Å². The average Bonchev–Trinajstić information content (AvgIpc) is 3.20. The molecule has 2 aromatic heterocycles. The SMILES string of the molecule is Cc1cc(-c2c(-c3ccccc3)[nH]c(-c3ccc(Cl)cc3)c2N)on1. The van der Waals surface area contributed by atoms with E-state index >= 15 is 0 Å². The maximum Gasteiger partial charge on any atom is 0.171 e. The molecule has 0 spiro atoms. The summed E-state index contributed by atoms with van der Waals surface area (Å²) in [7, 11) is 0. The van der Waals surface area contributed by atoms with E-state index in [1.54, 1.807) is 0 Å². The van der Waals surface area contributed by atoms with Gasteiger partial charge >= 0.3 is 0 Å². The molecular formula is C20H16ClN3O. The third-order valence-electron chi connectivity index (χ3n) is 4.11. The molecule has 2 heterocycles. The van der Waals surface area contributed by atoms with E-state index in [4.69, 9.17) is 21.9 Å². The van der Waals surface area contributed by atoms with Gasteiger partial charge in [0.15, 0.2) is 5.76 Å². The molecule has 4 rings (SSSR count). The van der Waals surface area contributed by atoms with Gasteiger partial charge in [0.25, 0.3) is 0 Å². The standard InChI is InChI=1S/C20H16ClN3O/c1-12-11-16(25-24-12)17-18(22)20(14-7-9-15(21)10-8-14)23-19(17)13-5-3-2-4-6-13/h2-11,23H,22H2,1H3. The Bertz CT molecular complexity index is 1020. The van der Waals surface area contributed by atoms with Crippen LogP contribution in [0.4, 0.5) is 5.69 Å². The molecule has 0 aliphatic rings. The van der Waals surface area contributed by atoms with Gasteiger partial charge in [0, 0.05) is 16.7 Å². The van der Waals surface area contributed by atoms with Crippen molar-refractivity contribution in [1.82, 2.24) is 10.1 Å². The third kappa shape index (κ3) is 2.81. The van der Waals surface area contributed by atoms with Crippen molar-refractivity contribution in [2.45, 2.75) is 6.92 Å².